The SMILES string of the molecule is C[C@H](Oc1cnc(N2C[C@H](c3cc(F)ccc3F)[C@@H](N)C2)nc1)C1CCN(C(=O)O[C@@H]2CCOC2)CC1. The number of hydrogen-bond acceptors (Lipinski definition) is 8. The molecule has 1 aromatic carbocycles. The fraction of sp³-hybridized carbons (Fsp3) is 0.577. The number of carbonyl (C=O) groups is 1. The quantitative estimate of drug-likeness (QED) is 0.624. The Morgan fingerprint density at radius 2 is 1.92 bits per heavy atom. The zero-order chi connectivity index (χ0) is 25.9. The molecule has 5 rings (SSSR count). The molecular formula is C26H33F2N5O4. The Labute approximate surface area is 214 Å². The van der Waals surface area contributed by atoms with E-state index in [9.17, 15) is 13.6 Å². The Balaban J connectivity index is 1.11. The lowest BCUT2D eigenvalue weighted by Crippen LogP contribution is -2.43. The van der Waals surface area contributed by atoms with Crippen molar-refractivity contribution in [3.05, 3.63) is 47.8 Å². The number of nitrogens with zero attached hydrogens (tertiary/aromatic N) is 4. The number of halogens is 2. The van der Waals surface area contributed by atoms with E-state index in [0.29, 0.717) is 51.1 Å². The second-order valence-corrected chi connectivity index (χ2v) is 10.1. The number of ether oxygens (including phenoxy) is 3. The van der Waals surface area contributed by atoms with Gasteiger partial charge in [-0.25, -0.2) is 23.5 Å². The molecule has 9 nitrogen and oxygen atoms in total. The molecule has 3 aliphatic heterocycles. The highest BCUT2D eigenvalue weighted by Crippen LogP contribution is 2.31. The smallest absolute Gasteiger partial charge is 0.410 e. The van der Waals surface area contributed by atoms with Gasteiger partial charge in [-0.05, 0) is 49.4 Å². The molecular weight excluding hydrogens is 484 g/mol. The Morgan fingerprint density at radius 1 is 1.16 bits per heavy atom. The molecule has 2 aromatic rings. The maximum Gasteiger partial charge on any atom is 0.410 e. The van der Waals surface area contributed by atoms with Gasteiger partial charge in [0.05, 0.1) is 31.7 Å². The van der Waals surface area contributed by atoms with Crippen LogP contribution in [0.15, 0.2) is 30.6 Å². The molecule has 37 heavy (non-hydrogen) atoms. The number of hydrogen-bond donors (Lipinski definition) is 1. The number of carbonyl (C=O) groups excluding carboxylic acids is 1. The fourth-order valence-corrected chi connectivity index (χ4v) is 5.34. The molecule has 0 bridgehead atoms. The number of likely N-dealkylation sites (tertiary alicyclic amines) is 1. The van der Waals surface area contributed by atoms with E-state index in [4.69, 9.17) is 19.9 Å². The summed E-state index contributed by atoms with van der Waals surface area (Å²) < 4.78 is 44.8. The number of aromatic nitrogens is 2. The number of amides is 1. The van der Waals surface area contributed by atoms with E-state index in [2.05, 4.69) is 9.97 Å². The van der Waals surface area contributed by atoms with Gasteiger partial charge in [-0.2, -0.15) is 0 Å². The molecule has 0 radical (unpaired) electrons. The summed E-state index contributed by atoms with van der Waals surface area (Å²) in [6, 6.07) is 3.07. The van der Waals surface area contributed by atoms with Gasteiger partial charge in [-0.1, -0.05) is 0 Å². The number of benzene rings is 1. The normalized spacial score (nSPS) is 25.4. The maximum atomic E-state index is 14.3. The van der Waals surface area contributed by atoms with Gasteiger partial charge < -0.3 is 29.7 Å². The lowest BCUT2D eigenvalue weighted by molar-refractivity contribution is 0.0361. The van der Waals surface area contributed by atoms with Crippen LogP contribution < -0.4 is 15.4 Å². The van der Waals surface area contributed by atoms with Crippen LogP contribution in [0.3, 0.4) is 0 Å². The van der Waals surface area contributed by atoms with Crippen molar-refractivity contribution < 1.29 is 27.8 Å². The van der Waals surface area contributed by atoms with Crippen molar-refractivity contribution in [3.63, 3.8) is 0 Å². The van der Waals surface area contributed by atoms with Gasteiger partial charge in [0.1, 0.15) is 17.7 Å². The van der Waals surface area contributed by atoms with E-state index in [0.717, 1.165) is 31.4 Å². The first-order valence-electron chi connectivity index (χ1n) is 12.8. The fourth-order valence-electron chi connectivity index (χ4n) is 5.34. The van der Waals surface area contributed by atoms with E-state index in [1.165, 1.54) is 6.07 Å². The predicted octanol–water partition coefficient (Wildman–Crippen LogP) is 3.09. The lowest BCUT2D eigenvalue weighted by atomic mass is 9.92. The van der Waals surface area contributed by atoms with E-state index in [-0.39, 0.29) is 41.7 Å². The highest BCUT2D eigenvalue weighted by atomic mass is 19.1. The summed E-state index contributed by atoms with van der Waals surface area (Å²) >= 11 is 0. The summed E-state index contributed by atoms with van der Waals surface area (Å²) in [4.78, 5) is 24.9. The summed E-state index contributed by atoms with van der Waals surface area (Å²) in [6.07, 6.45) is 5.16. The number of nitrogens with two attached hydrogens (primary N) is 1. The van der Waals surface area contributed by atoms with Crippen molar-refractivity contribution in [1.29, 1.82) is 0 Å². The van der Waals surface area contributed by atoms with Crippen molar-refractivity contribution in [1.82, 2.24) is 14.9 Å². The molecule has 0 unspecified atom stereocenters. The molecule has 4 atom stereocenters. The Bertz CT molecular complexity index is 1080. The standard InChI is InChI=1S/C26H33F2N5O4/c1-16(17-4-7-32(8-5-17)26(34)37-19-6-9-35-15-19)36-20-11-30-25(31-12-20)33-13-22(24(29)14-33)21-10-18(27)2-3-23(21)28/h2-3,10-12,16-17,19,22,24H,4-9,13-15,29H2,1H3/t16-,19+,22+,24-/m0/s1. The third kappa shape index (κ3) is 5.93. The molecule has 1 amide bonds. The van der Waals surface area contributed by atoms with Crippen molar-refractivity contribution >= 4 is 12.0 Å². The van der Waals surface area contributed by atoms with E-state index in [1.807, 2.05) is 11.8 Å². The van der Waals surface area contributed by atoms with Gasteiger partial charge in [0.15, 0.2) is 5.75 Å². The maximum absolute atomic E-state index is 14.3. The molecule has 3 aliphatic rings. The minimum Gasteiger partial charge on any atom is -0.487 e. The van der Waals surface area contributed by atoms with Crippen molar-refractivity contribution in [2.45, 2.75) is 50.4 Å². The van der Waals surface area contributed by atoms with Crippen LogP contribution in [-0.4, -0.2) is 78.6 Å². The molecule has 0 spiro atoms. The summed E-state index contributed by atoms with van der Waals surface area (Å²) in [5.41, 5.74) is 6.53. The predicted molar refractivity (Wildman–Crippen MR) is 131 cm³/mol. The van der Waals surface area contributed by atoms with Gasteiger partial charge in [-0.3, -0.25) is 0 Å². The number of anilines is 1. The average molecular weight is 518 g/mol. The van der Waals surface area contributed by atoms with Gasteiger partial charge >= 0.3 is 6.09 Å². The monoisotopic (exact) mass is 517 g/mol. The van der Waals surface area contributed by atoms with Crippen molar-refractivity contribution in [2.75, 3.05) is 44.3 Å². The van der Waals surface area contributed by atoms with Crippen LogP contribution >= 0.6 is 0 Å². The van der Waals surface area contributed by atoms with Crippen LogP contribution in [0, 0.1) is 17.6 Å². The topological polar surface area (TPSA) is 103 Å². The molecule has 3 fully saturated rings. The Morgan fingerprint density at radius 3 is 2.62 bits per heavy atom. The Kier molecular flexibility index (Phi) is 7.71. The van der Waals surface area contributed by atoms with Crippen LogP contribution in [0.5, 0.6) is 5.75 Å². The van der Waals surface area contributed by atoms with Crippen molar-refractivity contribution in [2.24, 2.45) is 11.7 Å². The van der Waals surface area contributed by atoms with E-state index >= 15 is 0 Å². The number of piperidine rings is 1. The lowest BCUT2D eigenvalue weighted by Gasteiger charge is -2.34. The third-order valence-electron chi connectivity index (χ3n) is 7.56. The van der Waals surface area contributed by atoms with Crippen LogP contribution in [-0.2, 0) is 9.47 Å². The molecule has 200 valence electrons. The van der Waals surface area contributed by atoms with Crippen LogP contribution in [0.2, 0.25) is 0 Å². The van der Waals surface area contributed by atoms with Gasteiger partial charge in [0, 0.05) is 44.6 Å². The van der Waals surface area contributed by atoms with Crippen LogP contribution in [0.1, 0.15) is 37.7 Å². The van der Waals surface area contributed by atoms with Crippen LogP contribution in [0.25, 0.3) is 0 Å². The first-order chi connectivity index (χ1) is 17.9. The summed E-state index contributed by atoms with van der Waals surface area (Å²) in [6.45, 7) is 5.22. The molecule has 3 saturated heterocycles. The highest BCUT2D eigenvalue weighted by Gasteiger charge is 2.35. The van der Waals surface area contributed by atoms with Crippen LogP contribution in [0.4, 0.5) is 19.5 Å². The summed E-state index contributed by atoms with van der Waals surface area (Å²) in [5.74, 6) is -0.000994. The minimum atomic E-state index is -0.487. The first kappa shape index (κ1) is 25.6. The molecule has 4 heterocycles. The van der Waals surface area contributed by atoms with Crippen molar-refractivity contribution in [3.8, 4) is 5.75 Å². The molecule has 0 saturated carbocycles. The second-order valence-electron chi connectivity index (χ2n) is 10.1. The van der Waals surface area contributed by atoms with E-state index in [1.54, 1.807) is 17.3 Å². The Hall–Kier alpha value is -3.05. The third-order valence-corrected chi connectivity index (χ3v) is 7.56. The minimum absolute atomic E-state index is 0.0728. The highest BCUT2D eigenvalue weighted by molar-refractivity contribution is 5.68. The van der Waals surface area contributed by atoms with Gasteiger partial charge in [0.2, 0.25) is 5.95 Å². The molecule has 1 aromatic heterocycles. The zero-order valence-corrected chi connectivity index (χ0v) is 20.9. The average Bonchev–Trinajstić information content (AvgIpc) is 3.55. The molecule has 2 N–H and O–H groups in total. The summed E-state index contributed by atoms with van der Waals surface area (Å²) in [7, 11) is 0. The summed E-state index contributed by atoms with van der Waals surface area (Å²) in [5, 5.41) is 0. The largest absolute Gasteiger partial charge is 0.487 e. The van der Waals surface area contributed by atoms with E-state index < -0.39 is 11.6 Å². The number of rotatable bonds is 6. The van der Waals surface area contributed by atoms with Gasteiger partial charge in [-0.15, -0.1) is 0 Å². The second kappa shape index (κ2) is 11.1. The van der Waals surface area contributed by atoms with Gasteiger partial charge in [0.25, 0.3) is 0 Å². The molecule has 11 heteroatoms. The first-order valence-corrected chi connectivity index (χ1v) is 12.8. The molecule has 0 aliphatic carbocycles. The zero-order valence-electron chi connectivity index (χ0n) is 20.9.